The van der Waals surface area contributed by atoms with Crippen molar-refractivity contribution in [2.45, 2.75) is 51.6 Å². The Bertz CT molecular complexity index is 867. The number of rotatable bonds is 11. The van der Waals surface area contributed by atoms with Gasteiger partial charge in [-0.15, -0.1) is 0 Å². The Morgan fingerprint density at radius 3 is 2.66 bits per heavy atom. The summed E-state index contributed by atoms with van der Waals surface area (Å²) in [6.45, 7) is 4.14. The maximum atomic E-state index is 12.7. The predicted octanol–water partition coefficient (Wildman–Crippen LogP) is 5.33. The zero-order valence-corrected chi connectivity index (χ0v) is 19.4. The summed E-state index contributed by atoms with van der Waals surface area (Å²) in [5.41, 5.74) is 1.23. The van der Waals surface area contributed by atoms with Crippen LogP contribution in [0, 0.1) is 0 Å². The van der Waals surface area contributed by atoms with E-state index in [2.05, 4.69) is 17.6 Å². The van der Waals surface area contributed by atoms with Crippen molar-refractivity contribution in [3.8, 4) is 11.5 Å². The van der Waals surface area contributed by atoms with Crippen molar-refractivity contribution >= 4 is 28.9 Å². The predicted molar refractivity (Wildman–Crippen MR) is 131 cm³/mol. The quantitative estimate of drug-likeness (QED) is 0.352. The highest BCUT2D eigenvalue weighted by molar-refractivity contribution is 7.80. The van der Waals surface area contributed by atoms with Gasteiger partial charge < -0.3 is 19.5 Å². The molecule has 32 heavy (non-hydrogen) atoms. The van der Waals surface area contributed by atoms with Crippen LogP contribution in [0.4, 0.5) is 5.69 Å². The van der Waals surface area contributed by atoms with Crippen LogP contribution < -0.4 is 20.1 Å². The summed E-state index contributed by atoms with van der Waals surface area (Å²) in [6, 6.07) is 14.7. The van der Waals surface area contributed by atoms with E-state index in [9.17, 15) is 4.79 Å². The molecule has 1 fully saturated rings. The van der Waals surface area contributed by atoms with Crippen molar-refractivity contribution in [3.05, 3.63) is 54.1 Å². The molecule has 0 spiro atoms. The Morgan fingerprint density at radius 2 is 1.91 bits per heavy atom. The molecule has 0 aromatic heterocycles. The van der Waals surface area contributed by atoms with Crippen LogP contribution in [0.25, 0.3) is 0 Å². The first-order chi connectivity index (χ1) is 15.7. The van der Waals surface area contributed by atoms with Crippen LogP contribution in [0.1, 0.15) is 55.8 Å². The van der Waals surface area contributed by atoms with E-state index >= 15 is 0 Å². The number of carbonyl (C=O) groups is 1. The van der Waals surface area contributed by atoms with Crippen LogP contribution in [0.5, 0.6) is 11.5 Å². The Morgan fingerprint density at radius 1 is 1.09 bits per heavy atom. The van der Waals surface area contributed by atoms with Gasteiger partial charge in [0.2, 0.25) is 0 Å². The smallest absolute Gasteiger partial charge is 0.261 e. The monoisotopic (exact) mass is 456 g/mol. The van der Waals surface area contributed by atoms with Gasteiger partial charge in [0, 0.05) is 12.3 Å². The van der Waals surface area contributed by atoms with Crippen molar-refractivity contribution < 1.29 is 19.0 Å². The highest BCUT2D eigenvalue weighted by Gasteiger charge is 2.16. The molecule has 1 unspecified atom stereocenters. The van der Waals surface area contributed by atoms with Crippen molar-refractivity contribution in [1.29, 1.82) is 0 Å². The number of hydrogen-bond donors (Lipinski definition) is 2. The molecular weight excluding hydrogens is 424 g/mol. The van der Waals surface area contributed by atoms with Gasteiger partial charge >= 0.3 is 0 Å². The van der Waals surface area contributed by atoms with Gasteiger partial charge in [0.15, 0.2) is 5.11 Å². The van der Waals surface area contributed by atoms with E-state index in [-0.39, 0.29) is 17.1 Å². The minimum absolute atomic E-state index is 0.179. The molecule has 1 aliphatic rings. The normalized spacial score (nSPS) is 15.2. The lowest BCUT2D eigenvalue weighted by molar-refractivity contribution is 0.0679. The number of carbonyl (C=O) groups excluding carboxylic acids is 1. The standard InChI is InChI=1S/C25H32N2O4S/c1-2-3-4-7-16-30-23-11-6-5-10-22(23)24(28)27-25(32)26-19-12-14-20(15-13-19)31-18-21-9-8-17-29-21/h5-6,10-15,21H,2-4,7-9,16-18H2,1H3,(H2,26,27,28,32). The number of para-hydroxylation sites is 1. The largest absolute Gasteiger partial charge is 0.493 e. The van der Waals surface area contributed by atoms with Crippen LogP contribution >= 0.6 is 12.2 Å². The second-order valence-corrected chi connectivity index (χ2v) is 8.19. The molecule has 7 heteroatoms. The maximum Gasteiger partial charge on any atom is 0.261 e. The van der Waals surface area contributed by atoms with Gasteiger partial charge in [-0.05, 0) is 67.9 Å². The van der Waals surface area contributed by atoms with E-state index < -0.39 is 0 Å². The minimum atomic E-state index is -0.303. The zero-order chi connectivity index (χ0) is 22.6. The summed E-state index contributed by atoms with van der Waals surface area (Å²) >= 11 is 5.32. The van der Waals surface area contributed by atoms with Crippen LogP contribution in [-0.2, 0) is 4.74 Å². The second-order valence-electron chi connectivity index (χ2n) is 7.78. The lowest BCUT2D eigenvalue weighted by Crippen LogP contribution is -2.34. The van der Waals surface area contributed by atoms with Gasteiger partial charge in [-0.1, -0.05) is 38.3 Å². The number of ether oxygens (including phenoxy) is 3. The third kappa shape index (κ3) is 7.80. The van der Waals surface area contributed by atoms with E-state index in [1.54, 1.807) is 12.1 Å². The van der Waals surface area contributed by atoms with E-state index in [1.807, 2.05) is 36.4 Å². The van der Waals surface area contributed by atoms with Crippen molar-refractivity contribution in [2.75, 3.05) is 25.1 Å². The SMILES string of the molecule is CCCCCCOc1ccccc1C(=O)NC(=S)Nc1ccc(OCC2CCCO2)cc1. The lowest BCUT2D eigenvalue weighted by Gasteiger charge is -2.14. The van der Waals surface area contributed by atoms with E-state index in [0.717, 1.165) is 43.7 Å². The maximum absolute atomic E-state index is 12.7. The molecule has 0 bridgehead atoms. The van der Waals surface area contributed by atoms with Gasteiger partial charge in [-0.2, -0.15) is 0 Å². The number of benzene rings is 2. The fourth-order valence-corrected chi connectivity index (χ4v) is 3.63. The van der Waals surface area contributed by atoms with E-state index in [4.69, 9.17) is 26.4 Å². The number of unbranched alkanes of at least 4 members (excludes halogenated alkanes) is 3. The molecule has 2 aromatic carbocycles. The van der Waals surface area contributed by atoms with Gasteiger partial charge in [0.25, 0.3) is 5.91 Å². The molecule has 1 amide bonds. The molecule has 2 aromatic rings. The molecule has 0 aliphatic carbocycles. The number of anilines is 1. The van der Waals surface area contributed by atoms with E-state index in [0.29, 0.717) is 24.5 Å². The van der Waals surface area contributed by atoms with Gasteiger partial charge in [0.1, 0.15) is 18.1 Å². The number of nitrogens with one attached hydrogen (secondary N) is 2. The van der Waals surface area contributed by atoms with Crippen LogP contribution in [0.2, 0.25) is 0 Å². The number of thiocarbonyl (C=S) groups is 1. The highest BCUT2D eigenvalue weighted by Crippen LogP contribution is 2.20. The van der Waals surface area contributed by atoms with Crippen LogP contribution in [0.3, 0.4) is 0 Å². The summed E-state index contributed by atoms with van der Waals surface area (Å²) in [7, 11) is 0. The minimum Gasteiger partial charge on any atom is -0.493 e. The Kier molecular flexibility index (Phi) is 9.78. The number of amides is 1. The van der Waals surface area contributed by atoms with Crippen molar-refractivity contribution in [1.82, 2.24) is 5.32 Å². The second kappa shape index (κ2) is 13.0. The molecule has 6 nitrogen and oxygen atoms in total. The first-order valence-electron chi connectivity index (χ1n) is 11.3. The molecule has 0 radical (unpaired) electrons. The summed E-state index contributed by atoms with van der Waals surface area (Å²) < 4.78 is 17.2. The molecule has 172 valence electrons. The third-order valence-corrected chi connectivity index (χ3v) is 5.39. The Hall–Kier alpha value is -2.64. The van der Waals surface area contributed by atoms with Gasteiger partial charge in [-0.3, -0.25) is 10.1 Å². The average Bonchev–Trinajstić information content (AvgIpc) is 3.32. The molecule has 1 aliphatic heterocycles. The molecular formula is C25H32N2O4S. The summed E-state index contributed by atoms with van der Waals surface area (Å²) in [5.74, 6) is 1.03. The van der Waals surface area contributed by atoms with E-state index in [1.165, 1.54) is 12.8 Å². The van der Waals surface area contributed by atoms with Crippen LogP contribution in [0.15, 0.2) is 48.5 Å². The Balaban J connectivity index is 1.46. The molecule has 3 rings (SSSR count). The van der Waals surface area contributed by atoms with Gasteiger partial charge in [0.05, 0.1) is 18.3 Å². The molecule has 1 heterocycles. The summed E-state index contributed by atoms with van der Waals surface area (Å²) in [6.07, 6.45) is 6.77. The molecule has 1 atom stereocenters. The fourth-order valence-electron chi connectivity index (χ4n) is 3.42. The summed E-state index contributed by atoms with van der Waals surface area (Å²) in [5, 5.41) is 5.98. The summed E-state index contributed by atoms with van der Waals surface area (Å²) in [4.78, 5) is 12.7. The zero-order valence-electron chi connectivity index (χ0n) is 18.6. The van der Waals surface area contributed by atoms with Crippen LogP contribution in [-0.4, -0.2) is 36.9 Å². The van der Waals surface area contributed by atoms with Crippen molar-refractivity contribution in [2.24, 2.45) is 0 Å². The first-order valence-corrected chi connectivity index (χ1v) is 11.7. The van der Waals surface area contributed by atoms with Gasteiger partial charge in [-0.25, -0.2) is 0 Å². The lowest BCUT2D eigenvalue weighted by atomic mass is 10.2. The fraction of sp³-hybridized carbons (Fsp3) is 0.440. The van der Waals surface area contributed by atoms with Crippen molar-refractivity contribution in [3.63, 3.8) is 0 Å². The Labute approximate surface area is 195 Å². The average molecular weight is 457 g/mol. The molecule has 2 N–H and O–H groups in total. The molecule has 1 saturated heterocycles. The highest BCUT2D eigenvalue weighted by atomic mass is 32.1. The first kappa shape index (κ1) is 24.0. The number of hydrogen-bond acceptors (Lipinski definition) is 5. The topological polar surface area (TPSA) is 68.8 Å². The molecule has 0 saturated carbocycles. The third-order valence-electron chi connectivity index (χ3n) is 5.19.